The highest BCUT2D eigenvalue weighted by molar-refractivity contribution is 6.12. The minimum atomic E-state index is 0.549. The van der Waals surface area contributed by atoms with Gasteiger partial charge in [-0.05, 0) is 76.3 Å². The third kappa shape index (κ3) is 3.62. The van der Waals surface area contributed by atoms with Crippen LogP contribution in [-0.2, 0) is 13.0 Å². The van der Waals surface area contributed by atoms with Gasteiger partial charge in [-0.1, -0.05) is 27.7 Å². The summed E-state index contributed by atoms with van der Waals surface area (Å²) in [6.45, 7) is 11.7. The van der Waals surface area contributed by atoms with E-state index >= 15 is 0 Å². The molecule has 2 aliphatic rings. The van der Waals surface area contributed by atoms with Crippen LogP contribution in [0.4, 0.5) is 0 Å². The molecule has 0 radical (unpaired) electrons. The maximum atomic E-state index is 5.93. The monoisotopic (exact) mass is 437 g/mol. The van der Waals surface area contributed by atoms with Gasteiger partial charge in [-0.25, -0.2) is 0 Å². The summed E-state index contributed by atoms with van der Waals surface area (Å²) >= 11 is 0. The van der Waals surface area contributed by atoms with Crippen molar-refractivity contribution in [3.05, 3.63) is 35.4 Å². The van der Waals surface area contributed by atoms with Crippen molar-refractivity contribution in [1.82, 2.24) is 4.90 Å². The number of hydrogen-bond donors (Lipinski definition) is 0. The molecule has 0 bridgehead atoms. The third-order valence-corrected chi connectivity index (χ3v) is 6.71. The maximum absolute atomic E-state index is 5.93. The molecule has 2 aliphatic heterocycles. The first-order chi connectivity index (χ1) is 15.7. The van der Waals surface area contributed by atoms with Crippen LogP contribution in [0.25, 0.3) is 21.5 Å². The van der Waals surface area contributed by atoms with Crippen molar-refractivity contribution in [3.8, 4) is 23.0 Å². The fourth-order valence-electron chi connectivity index (χ4n) is 5.12. The number of ether oxygens (including phenoxy) is 4. The lowest BCUT2D eigenvalue weighted by Gasteiger charge is -2.37. The number of fused-ring (bicyclic) bond motifs is 7. The molecular formula is C27H35NO4. The summed E-state index contributed by atoms with van der Waals surface area (Å²) < 4.78 is 23.1. The number of methoxy groups -OCH3 is 2. The average molecular weight is 438 g/mol. The highest BCUT2D eigenvalue weighted by atomic mass is 16.6. The fraction of sp³-hybridized carbons (Fsp3) is 0.481. The molecule has 0 aromatic heterocycles. The Morgan fingerprint density at radius 3 is 1.91 bits per heavy atom. The molecule has 3 aromatic rings. The number of hydrogen-bond acceptors (Lipinski definition) is 5. The predicted molar refractivity (Wildman–Crippen MR) is 131 cm³/mol. The zero-order valence-corrected chi connectivity index (χ0v) is 20.2. The van der Waals surface area contributed by atoms with E-state index < -0.39 is 0 Å². The van der Waals surface area contributed by atoms with E-state index in [-0.39, 0.29) is 0 Å². The molecule has 0 spiro atoms. The normalized spacial score (nSPS) is 17.5. The van der Waals surface area contributed by atoms with Gasteiger partial charge >= 0.3 is 0 Å². The van der Waals surface area contributed by atoms with Gasteiger partial charge in [0.15, 0.2) is 23.0 Å². The van der Waals surface area contributed by atoms with Gasteiger partial charge in [0.1, 0.15) is 13.2 Å². The van der Waals surface area contributed by atoms with E-state index in [4.69, 9.17) is 18.9 Å². The predicted octanol–water partition coefficient (Wildman–Crippen LogP) is 5.96. The molecule has 5 rings (SSSR count). The van der Waals surface area contributed by atoms with Crippen molar-refractivity contribution in [2.45, 2.75) is 53.1 Å². The van der Waals surface area contributed by atoms with Crippen LogP contribution < -0.4 is 18.9 Å². The second-order valence-electron chi connectivity index (χ2n) is 8.08. The first kappa shape index (κ1) is 22.5. The van der Waals surface area contributed by atoms with Gasteiger partial charge in [0.25, 0.3) is 0 Å². The summed E-state index contributed by atoms with van der Waals surface area (Å²) in [4.78, 5) is 2.59. The van der Waals surface area contributed by atoms with Crippen LogP contribution in [0, 0.1) is 0 Å². The van der Waals surface area contributed by atoms with Crippen LogP contribution in [-0.4, -0.2) is 44.9 Å². The quantitative estimate of drug-likeness (QED) is 0.471. The molecule has 32 heavy (non-hydrogen) atoms. The topological polar surface area (TPSA) is 40.2 Å². The van der Waals surface area contributed by atoms with E-state index in [9.17, 15) is 0 Å². The highest BCUT2D eigenvalue weighted by Crippen LogP contribution is 2.45. The maximum Gasteiger partial charge on any atom is 0.162 e. The van der Waals surface area contributed by atoms with Gasteiger partial charge in [0, 0.05) is 12.6 Å². The van der Waals surface area contributed by atoms with Gasteiger partial charge in [0.05, 0.1) is 14.2 Å². The third-order valence-electron chi connectivity index (χ3n) is 6.71. The van der Waals surface area contributed by atoms with Crippen LogP contribution in [0.3, 0.4) is 0 Å². The highest BCUT2D eigenvalue weighted by Gasteiger charge is 2.29. The van der Waals surface area contributed by atoms with Crippen LogP contribution in [0.2, 0.25) is 0 Å². The lowest BCUT2D eigenvalue weighted by atomic mass is 9.84. The summed E-state index contributed by atoms with van der Waals surface area (Å²) in [5.74, 6) is 3.19. The van der Waals surface area contributed by atoms with Crippen LogP contribution >= 0.6 is 0 Å². The molecule has 1 unspecified atom stereocenters. The molecule has 1 atom stereocenters. The van der Waals surface area contributed by atoms with Crippen molar-refractivity contribution in [3.63, 3.8) is 0 Å². The summed E-state index contributed by atoms with van der Waals surface area (Å²) in [6, 6.07) is 9.13. The molecule has 0 aliphatic carbocycles. The molecular weight excluding hydrogens is 402 g/mol. The van der Waals surface area contributed by atoms with E-state index in [0.717, 1.165) is 48.9 Å². The van der Waals surface area contributed by atoms with Gasteiger partial charge in [-0.2, -0.15) is 0 Å². The Morgan fingerprint density at radius 1 is 0.812 bits per heavy atom. The molecule has 5 nitrogen and oxygen atoms in total. The summed E-state index contributed by atoms with van der Waals surface area (Å²) in [5.41, 5.74) is 2.82. The van der Waals surface area contributed by atoms with Gasteiger partial charge in [0.2, 0.25) is 0 Å². The summed E-state index contributed by atoms with van der Waals surface area (Å²) in [7, 11) is 3.39. The Kier molecular flexibility index (Phi) is 6.66. The Hall–Kier alpha value is -2.66. The molecule has 5 heteroatoms. The smallest absolute Gasteiger partial charge is 0.162 e. The molecule has 2 heterocycles. The number of rotatable bonds is 4. The summed E-state index contributed by atoms with van der Waals surface area (Å²) in [6.07, 6.45) is 2.18. The molecule has 3 aromatic carbocycles. The Labute approximate surface area is 191 Å². The van der Waals surface area contributed by atoms with Crippen LogP contribution in [0.15, 0.2) is 24.3 Å². The van der Waals surface area contributed by atoms with Gasteiger partial charge in [-0.15, -0.1) is 0 Å². The van der Waals surface area contributed by atoms with Crippen molar-refractivity contribution < 1.29 is 18.9 Å². The van der Waals surface area contributed by atoms with E-state index in [1.165, 1.54) is 32.7 Å². The minimum Gasteiger partial charge on any atom is -0.493 e. The van der Waals surface area contributed by atoms with E-state index in [0.29, 0.717) is 19.3 Å². The molecule has 0 N–H and O–H groups in total. The first-order valence-electron chi connectivity index (χ1n) is 11.8. The lowest BCUT2D eigenvalue weighted by Crippen LogP contribution is -2.40. The SMILES string of the molecule is CC.CCC1Cc2c(c3cc4c(cc3c3cc(OC)c(OC)cc23)OCCO4)CN1CC. The Balaban J connectivity index is 0.00000119. The van der Waals surface area contributed by atoms with Crippen molar-refractivity contribution >= 4 is 21.5 Å². The van der Waals surface area contributed by atoms with E-state index in [1.807, 2.05) is 13.8 Å². The molecule has 0 amide bonds. The Morgan fingerprint density at radius 2 is 1.34 bits per heavy atom. The van der Waals surface area contributed by atoms with Crippen LogP contribution in [0.1, 0.15) is 45.2 Å². The second kappa shape index (κ2) is 9.45. The van der Waals surface area contributed by atoms with Gasteiger partial charge < -0.3 is 18.9 Å². The first-order valence-corrected chi connectivity index (χ1v) is 11.8. The number of benzene rings is 3. The molecule has 0 saturated heterocycles. The van der Waals surface area contributed by atoms with Crippen LogP contribution in [0.5, 0.6) is 23.0 Å². The minimum absolute atomic E-state index is 0.549. The van der Waals surface area contributed by atoms with Gasteiger partial charge in [-0.3, -0.25) is 4.90 Å². The zero-order valence-electron chi connectivity index (χ0n) is 20.2. The van der Waals surface area contributed by atoms with E-state index in [1.54, 1.807) is 14.2 Å². The number of nitrogens with zero attached hydrogens (tertiary/aromatic N) is 1. The van der Waals surface area contributed by atoms with E-state index in [2.05, 4.69) is 43.0 Å². The zero-order chi connectivity index (χ0) is 22.8. The van der Waals surface area contributed by atoms with Crippen molar-refractivity contribution in [2.75, 3.05) is 34.0 Å². The lowest BCUT2D eigenvalue weighted by molar-refractivity contribution is 0.171. The molecule has 172 valence electrons. The van der Waals surface area contributed by atoms with Crippen molar-refractivity contribution in [1.29, 1.82) is 0 Å². The van der Waals surface area contributed by atoms with Crippen molar-refractivity contribution in [2.24, 2.45) is 0 Å². The Bertz CT molecular complexity index is 1050. The largest absolute Gasteiger partial charge is 0.493 e. The average Bonchev–Trinajstić information content (AvgIpc) is 2.87. The fourth-order valence-corrected chi connectivity index (χ4v) is 5.12. The second-order valence-corrected chi connectivity index (χ2v) is 8.08. The summed E-state index contributed by atoms with van der Waals surface area (Å²) in [5, 5.41) is 4.86. The standard InChI is InChI=1S/C25H29NO4.C2H6/c1-5-15-9-16-17-10-22(27-3)23(28-4)11-18(17)19-12-24-25(30-8-7-29-24)13-20(19)21(16)14-26(15)6-2;1-2/h10-13,15H,5-9,14H2,1-4H3;1-2H3. The molecule has 0 saturated carbocycles. The number of likely N-dealkylation sites (N-methyl/N-ethyl adjacent to an activating group) is 1. The molecule has 0 fully saturated rings.